The summed E-state index contributed by atoms with van der Waals surface area (Å²) in [6.45, 7) is 2.38. The van der Waals surface area contributed by atoms with Crippen LogP contribution < -0.4 is 14.4 Å². The first kappa shape index (κ1) is 21.2. The number of aliphatic imine (C=N–C) groups is 1. The number of para-hydroxylation sites is 1. The number of methoxy groups -OCH3 is 1. The Hall–Kier alpha value is -3.64. The summed E-state index contributed by atoms with van der Waals surface area (Å²) in [6, 6.07) is 17.4. The third-order valence-electron chi connectivity index (χ3n) is 6.23. The van der Waals surface area contributed by atoms with Crippen molar-refractivity contribution in [2.24, 2.45) is 4.99 Å². The van der Waals surface area contributed by atoms with Gasteiger partial charge in [-0.3, -0.25) is 14.7 Å². The number of hydrogen-bond donors (Lipinski definition) is 1. The summed E-state index contributed by atoms with van der Waals surface area (Å²) in [7, 11) is 1.56. The number of fused-ring (bicyclic) bond motifs is 4. The molecular weight excluding hydrogens is 416 g/mol. The Morgan fingerprint density at radius 3 is 2.64 bits per heavy atom. The third-order valence-corrected chi connectivity index (χ3v) is 6.23. The normalized spacial score (nSPS) is 16.2. The van der Waals surface area contributed by atoms with Gasteiger partial charge < -0.3 is 14.6 Å². The fraction of sp³-hybridized carbons (Fsp3) is 0.259. The molecule has 33 heavy (non-hydrogen) atoms. The molecule has 0 saturated carbocycles. The van der Waals surface area contributed by atoms with E-state index in [4.69, 9.17) is 9.47 Å². The molecule has 0 radical (unpaired) electrons. The number of nitrogens with zero attached hydrogens (tertiary/aromatic N) is 2. The van der Waals surface area contributed by atoms with Crippen LogP contribution in [0.15, 0.2) is 59.6 Å². The van der Waals surface area contributed by atoms with Crippen molar-refractivity contribution in [3.8, 4) is 11.5 Å². The summed E-state index contributed by atoms with van der Waals surface area (Å²) < 4.78 is 11.7. The molecule has 0 unspecified atom stereocenters. The van der Waals surface area contributed by atoms with Gasteiger partial charge >= 0.3 is 0 Å². The van der Waals surface area contributed by atoms with E-state index < -0.39 is 0 Å². The molecule has 0 aliphatic carbocycles. The average Bonchev–Trinajstić information content (AvgIpc) is 3.17. The molecule has 6 nitrogen and oxygen atoms in total. The van der Waals surface area contributed by atoms with E-state index in [1.807, 2.05) is 41.4 Å². The van der Waals surface area contributed by atoms with Crippen LogP contribution in [0.3, 0.4) is 0 Å². The van der Waals surface area contributed by atoms with Gasteiger partial charge in [-0.2, -0.15) is 0 Å². The summed E-state index contributed by atoms with van der Waals surface area (Å²) in [6.07, 6.45) is 3.47. The van der Waals surface area contributed by atoms with Crippen LogP contribution in [0.1, 0.15) is 39.5 Å². The molecule has 0 bridgehead atoms. The quantitative estimate of drug-likeness (QED) is 0.605. The van der Waals surface area contributed by atoms with Crippen molar-refractivity contribution in [1.82, 2.24) is 0 Å². The number of carbonyl (C=O) groups is 1. The van der Waals surface area contributed by atoms with E-state index in [-0.39, 0.29) is 18.6 Å². The molecule has 1 amide bonds. The van der Waals surface area contributed by atoms with Gasteiger partial charge in [0, 0.05) is 24.4 Å². The number of aliphatic hydroxyl groups excluding tert-OH is 1. The fourth-order valence-corrected chi connectivity index (χ4v) is 4.57. The molecular formula is C27H26N2O4. The summed E-state index contributed by atoms with van der Waals surface area (Å²) in [5, 5.41) is 9.55. The minimum atomic E-state index is -0.105. The Morgan fingerprint density at radius 1 is 1.06 bits per heavy atom. The summed E-state index contributed by atoms with van der Waals surface area (Å²) in [5.41, 5.74) is 6.11. The molecule has 6 heteroatoms. The van der Waals surface area contributed by atoms with E-state index in [0.717, 1.165) is 40.8 Å². The molecule has 1 N–H and O–H groups in total. The van der Waals surface area contributed by atoms with Gasteiger partial charge in [-0.05, 0) is 40.8 Å². The molecule has 1 atom stereocenters. The SMILES string of the molecule is CCc1cc(CO)cc(COc2cc3c(cc2OC)C(=O)N2c4ccccc4C[C@H]2C=N3)c1. The lowest BCUT2D eigenvalue weighted by molar-refractivity contribution is 0.0986. The summed E-state index contributed by atoms with van der Waals surface area (Å²) in [4.78, 5) is 20.0. The molecule has 5 rings (SSSR count). The zero-order valence-corrected chi connectivity index (χ0v) is 18.7. The van der Waals surface area contributed by atoms with Crippen LogP contribution in [0.4, 0.5) is 11.4 Å². The number of hydrogen-bond acceptors (Lipinski definition) is 5. The molecule has 0 spiro atoms. The van der Waals surface area contributed by atoms with Crippen LogP contribution in [0.2, 0.25) is 0 Å². The van der Waals surface area contributed by atoms with Crippen LogP contribution in [0.5, 0.6) is 11.5 Å². The van der Waals surface area contributed by atoms with E-state index in [0.29, 0.717) is 29.4 Å². The maximum absolute atomic E-state index is 13.5. The Balaban J connectivity index is 1.46. The van der Waals surface area contributed by atoms with Gasteiger partial charge in [0.25, 0.3) is 5.91 Å². The molecule has 0 saturated heterocycles. The van der Waals surface area contributed by atoms with Crippen LogP contribution in [-0.4, -0.2) is 30.4 Å². The maximum Gasteiger partial charge on any atom is 0.261 e. The second-order valence-corrected chi connectivity index (χ2v) is 8.33. The Kier molecular flexibility index (Phi) is 5.60. The minimum absolute atomic E-state index is 0.0133. The topological polar surface area (TPSA) is 71.4 Å². The monoisotopic (exact) mass is 442 g/mol. The number of amides is 1. The van der Waals surface area contributed by atoms with E-state index in [1.165, 1.54) is 0 Å². The van der Waals surface area contributed by atoms with Crippen molar-refractivity contribution < 1.29 is 19.4 Å². The van der Waals surface area contributed by atoms with Crippen molar-refractivity contribution in [2.75, 3.05) is 12.0 Å². The summed E-state index contributed by atoms with van der Waals surface area (Å²) in [5.74, 6) is 0.916. The maximum atomic E-state index is 13.5. The van der Waals surface area contributed by atoms with Gasteiger partial charge in [-0.1, -0.05) is 43.3 Å². The lowest BCUT2D eigenvalue weighted by Crippen LogP contribution is -2.37. The van der Waals surface area contributed by atoms with Crippen molar-refractivity contribution in [1.29, 1.82) is 0 Å². The number of aliphatic hydroxyl groups is 1. The van der Waals surface area contributed by atoms with Gasteiger partial charge in [0.05, 0.1) is 31.0 Å². The van der Waals surface area contributed by atoms with E-state index in [9.17, 15) is 9.90 Å². The highest BCUT2D eigenvalue weighted by Gasteiger charge is 2.36. The van der Waals surface area contributed by atoms with Crippen molar-refractivity contribution in [2.45, 2.75) is 39.0 Å². The van der Waals surface area contributed by atoms with E-state index >= 15 is 0 Å². The largest absolute Gasteiger partial charge is 0.493 e. The number of rotatable bonds is 6. The van der Waals surface area contributed by atoms with Gasteiger partial charge in [0.15, 0.2) is 11.5 Å². The molecule has 168 valence electrons. The molecule has 0 fully saturated rings. The lowest BCUT2D eigenvalue weighted by atomic mass is 10.0. The van der Waals surface area contributed by atoms with Gasteiger partial charge in [-0.15, -0.1) is 0 Å². The second kappa shape index (κ2) is 8.71. The van der Waals surface area contributed by atoms with Crippen LogP contribution in [-0.2, 0) is 26.1 Å². The van der Waals surface area contributed by atoms with Crippen LogP contribution >= 0.6 is 0 Å². The van der Waals surface area contributed by atoms with Crippen molar-refractivity contribution >= 4 is 23.5 Å². The molecule has 2 aliphatic heterocycles. The number of anilines is 1. The predicted molar refractivity (Wildman–Crippen MR) is 128 cm³/mol. The first-order valence-electron chi connectivity index (χ1n) is 11.1. The molecule has 2 heterocycles. The number of benzene rings is 3. The number of ether oxygens (including phenoxy) is 2. The smallest absolute Gasteiger partial charge is 0.261 e. The lowest BCUT2D eigenvalue weighted by Gasteiger charge is -2.22. The average molecular weight is 443 g/mol. The Labute approximate surface area is 193 Å². The van der Waals surface area contributed by atoms with Crippen molar-refractivity contribution in [3.05, 3.63) is 82.4 Å². The second-order valence-electron chi connectivity index (χ2n) is 8.33. The highest BCUT2D eigenvalue weighted by molar-refractivity contribution is 6.14. The first-order valence-corrected chi connectivity index (χ1v) is 11.1. The first-order chi connectivity index (χ1) is 16.1. The number of carbonyl (C=O) groups excluding carboxylic acids is 1. The van der Waals surface area contributed by atoms with Crippen molar-refractivity contribution in [3.63, 3.8) is 0 Å². The third kappa shape index (κ3) is 3.87. The molecule has 3 aromatic rings. The Morgan fingerprint density at radius 2 is 1.85 bits per heavy atom. The van der Waals surface area contributed by atoms with E-state index in [1.54, 1.807) is 19.2 Å². The molecule has 3 aromatic carbocycles. The number of aryl methyl sites for hydroxylation is 1. The van der Waals surface area contributed by atoms with Gasteiger partial charge in [-0.25, -0.2) is 0 Å². The molecule has 0 aromatic heterocycles. The molecule has 2 aliphatic rings. The highest BCUT2D eigenvalue weighted by atomic mass is 16.5. The zero-order chi connectivity index (χ0) is 22.9. The minimum Gasteiger partial charge on any atom is -0.493 e. The van der Waals surface area contributed by atoms with E-state index in [2.05, 4.69) is 24.0 Å². The highest BCUT2D eigenvalue weighted by Crippen LogP contribution is 2.41. The predicted octanol–water partition coefficient (Wildman–Crippen LogP) is 4.62. The summed E-state index contributed by atoms with van der Waals surface area (Å²) >= 11 is 0. The van der Waals surface area contributed by atoms with Crippen LogP contribution in [0.25, 0.3) is 0 Å². The fourth-order valence-electron chi connectivity index (χ4n) is 4.57. The van der Waals surface area contributed by atoms with Gasteiger partial charge in [0.1, 0.15) is 6.61 Å². The Bertz CT molecular complexity index is 1230. The zero-order valence-electron chi connectivity index (χ0n) is 18.7. The van der Waals surface area contributed by atoms with Gasteiger partial charge in [0.2, 0.25) is 0 Å². The standard InChI is InChI=1S/C27H26N2O4/c1-3-17-8-18(15-30)10-19(9-17)16-33-26-13-23-22(12-25(26)32-2)27(31)29-21(14-28-23)11-20-6-4-5-7-24(20)29/h4-10,12-14,21,30H,3,11,15-16H2,1-2H3/t21-/m0/s1. The van der Waals surface area contributed by atoms with Crippen LogP contribution in [0, 0.1) is 0 Å².